The highest BCUT2D eigenvalue weighted by atomic mass is 16.5. The highest BCUT2D eigenvalue weighted by molar-refractivity contribution is 5.04. The van der Waals surface area contributed by atoms with Gasteiger partial charge in [0.25, 0.3) is 0 Å². The molecule has 5 aliphatic rings. The smallest absolute Gasteiger partial charge is 0.0691 e. The minimum absolute atomic E-state index is 0.0172. The van der Waals surface area contributed by atoms with Crippen molar-refractivity contribution in [2.45, 2.75) is 75.3 Å². The monoisotopic (exact) mass is 249 g/mol. The molecule has 4 bridgehead atoms. The first-order valence-electron chi connectivity index (χ1n) is 8.08. The molecule has 2 N–H and O–H groups in total. The summed E-state index contributed by atoms with van der Waals surface area (Å²) in [6.45, 7) is 0.833. The van der Waals surface area contributed by atoms with Crippen LogP contribution in [0, 0.1) is 17.8 Å². The minimum Gasteiger partial charge on any atom is -0.373 e. The maximum absolute atomic E-state index is 6.50. The molecule has 0 aliphatic heterocycles. The van der Waals surface area contributed by atoms with E-state index in [1.165, 1.54) is 64.2 Å². The lowest BCUT2D eigenvalue weighted by molar-refractivity contribution is -0.170. The van der Waals surface area contributed by atoms with Crippen LogP contribution in [0.3, 0.4) is 0 Å². The molecule has 0 radical (unpaired) electrons. The molecule has 0 amide bonds. The van der Waals surface area contributed by atoms with Crippen LogP contribution >= 0.6 is 0 Å². The number of hydrogen-bond acceptors (Lipinski definition) is 2. The van der Waals surface area contributed by atoms with E-state index in [4.69, 9.17) is 10.5 Å². The fraction of sp³-hybridized carbons (Fsp3) is 1.00. The molecule has 0 saturated heterocycles. The van der Waals surface area contributed by atoms with Crippen molar-refractivity contribution >= 4 is 0 Å². The number of nitrogens with two attached hydrogens (primary N) is 1. The molecule has 0 aromatic carbocycles. The summed E-state index contributed by atoms with van der Waals surface area (Å²) in [5.74, 6) is 2.94. The van der Waals surface area contributed by atoms with Gasteiger partial charge in [0, 0.05) is 5.54 Å². The van der Waals surface area contributed by atoms with Crippen LogP contribution in [0.4, 0.5) is 0 Å². The van der Waals surface area contributed by atoms with E-state index in [-0.39, 0.29) is 11.1 Å². The van der Waals surface area contributed by atoms with Gasteiger partial charge in [-0.15, -0.1) is 0 Å². The standard InChI is InChI=1S/C16H27NO/c17-15(3-1-2-4-15)11-18-16-8-12-5-13(9-16)7-14(6-12)10-16/h12-14H,1-11,17H2. The molecule has 18 heavy (non-hydrogen) atoms. The Balaban J connectivity index is 1.44. The normalized spacial score (nSPS) is 48.8. The summed E-state index contributed by atoms with van der Waals surface area (Å²) in [5, 5.41) is 0. The van der Waals surface area contributed by atoms with E-state index >= 15 is 0 Å². The second-order valence-corrected chi connectivity index (χ2v) is 7.96. The van der Waals surface area contributed by atoms with Crippen molar-refractivity contribution in [3.05, 3.63) is 0 Å². The Morgan fingerprint density at radius 1 is 0.889 bits per heavy atom. The largest absolute Gasteiger partial charge is 0.373 e. The number of rotatable bonds is 3. The molecule has 0 atom stereocenters. The third kappa shape index (κ3) is 1.92. The van der Waals surface area contributed by atoms with Crippen LogP contribution in [-0.2, 0) is 4.74 Å². The van der Waals surface area contributed by atoms with Crippen molar-refractivity contribution in [2.24, 2.45) is 23.5 Å². The molecular formula is C16H27NO. The van der Waals surface area contributed by atoms with Crippen molar-refractivity contribution < 1.29 is 4.74 Å². The van der Waals surface area contributed by atoms with Crippen molar-refractivity contribution in [1.29, 1.82) is 0 Å². The van der Waals surface area contributed by atoms with E-state index in [1.54, 1.807) is 0 Å². The quantitative estimate of drug-likeness (QED) is 0.833. The lowest BCUT2D eigenvalue weighted by Gasteiger charge is -2.56. The predicted octanol–water partition coefficient (Wildman–Crippen LogP) is 3.24. The van der Waals surface area contributed by atoms with Crippen LogP contribution in [0.1, 0.15) is 64.2 Å². The van der Waals surface area contributed by atoms with Crippen LogP contribution in [-0.4, -0.2) is 17.7 Å². The highest BCUT2D eigenvalue weighted by Gasteiger charge is 2.52. The highest BCUT2D eigenvalue weighted by Crippen LogP contribution is 2.57. The van der Waals surface area contributed by atoms with Gasteiger partial charge in [0.2, 0.25) is 0 Å². The van der Waals surface area contributed by atoms with Gasteiger partial charge in [-0.2, -0.15) is 0 Å². The molecule has 2 heteroatoms. The van der Waals surface area contributed by atoms with Crippen LogP contribution in [0.15, 0.2) is 0 Å². The third-order valence-electron chi connectivity index (χ3n) is 6.25. The lowest BCUT2D eigenvalue weighted by Crippen LogP contribution is -2.54. The first-order valence-corrected chi connectivity index (χ1v) is 8.08. The summed E-state index contributed by atoms with van der Waals surface area (Å²) in [6.07, 6.45) is 13.5. The molecule has 0 aromatic heterocycles. The Hall–Kier alpha value is -0.0800. The van der Waals surface area contributed by atoms with Gasteiger partial charge >= 0.3 is 0 Å². The second-order valence-electron chi connectivity index (χ2n) is 7.96. The van der Waals surface area contributed by atoms with Crippen LogP contribution in [0.2, 0.25) is 0 Å². The molecule has 102 valence electrons. The fourth-order valence-electron chi connectivity index (χ4n) is 5.73. The zero-order valence-corrected chi connectivity index (χ0v) is 11.5. The predicted molar refractivity (Wildman–Crippen MR) is 72.2 cm³/mol. The topological polar surface area (TPSA) is 35.2 Å². The van der Waals surface area contributed by atoms with Gasteiger partial charge in [-0.1, -0.05) is 12.8 Å². The Labute approximate surface area is 111 Å². The van der Waals surface area contributed by atoms with Gasteiger partial charge in [0.15, 0.2) is 0 Å². The second kappa shape index (κ2) is 3.96. The van der Waals surface area contributed by atoms with E-state index in [2.05, 4.69) is 0 Å². The SMILES string of the molecule is NC1(COC23CC4CC(CC(C4)C2)C3)CCCC1. The van der Waals surface area contributed by atoms with Gasteiger partial charge < -0.3 is 10.5 Å². The van der Waals surface area contributed by atoms with E-state index in [9.17, 15) is 0 Å². The maximum atomic E-state index is 6.50. The molecular weight excluding hydrogens is 222 g/mol. The zero-order valence-electron chi connectivity index (χ0n) is 11.5. The summed E-state index contributed by atoms with van der Waals surface area (Å²) in [4.78, 5) is 0. The molecule has 0 spiro atoms. The van der Waals surface area contributed by atoms with Crippen molar-refractivity contribution in [3.8, 4) is 0 Å². The van der Waals surface area contributed by atoms with Crippen molar-refractivity contribution in [1.82, 2.24) is 0 Å². The summed E-state index contributed by atoms with van der Waals surface area (Å²) in [6, 6.07) is 0. The molecule has 0 aromatic rings. The number of ether oxygens (including phenoxy) is 1. The van der Waals surface area contributed by atoms with Crippen LogP contribution < -0.4 is 5.73 Å². The van der Waals surface area contributed by atoms with E-state index in [0.29, 0.717) is 0 Å². The molecule has 5 aliphatic carbocycles. The van der Waals surface area contributed by atoms with Gasteiger partial charge in [0.1, 0.15) is 0 Å². The Morgan fingerprint density at radius 2 is 1.39 bits per heavy atom. The minimum atomic E-state index is 0.0172. The van der Waals surface area contributed by atoms with Crippen molar-refractivity contribution in [2.75, 3.05) is 6.61 Å². The van der Waals surface area contributed by atoms with Gasteiger partial charge in [-0.3, -0.25) is 0 Å². The summed E-state index contributed by atoms with van der Waals surface area (Å²) < 4.78 is 6.50. The van der Waals surface area contributed by atoms with Crippen LogP contribution in [0.25, 0.3) is 0 Å². The van der Waals surface area contributed by atoms with Gasteiger partial charge in [0.05, 0.1) is 12.2 Å². The summed E-state index contributed by atoms with van der Waals surface area (Å²) in [7, 11) is 0. The molecule has 5 fully saturated rings. The molecule has 0 unspecified atom stereocenters. The lowest BCUT2D eigenvalue weighted by atomic mass is 9.54. The van der Waals surface area contributed by atoms with E-state index in [0.717, 1.165) is 24.4 Å². The fourth-order valence-corrected chi connectivity index (χ4v) is 5.73. The van der Waals surface area contributed by atoms with Gasteiger partial charge in [-0.25, -0.2) is 0 Å². The number of hydrogen-bond donors (Lipinski definition) is 1. The molecule has 5 rings (SSSR count). The average molecular weight is 249 g/mol. The molecule has 0 heterocycles. The summed E-state index contributed by atoms with van der Waals surface area (Å²) >= 11 is 0. The van der Waals surface area contributed by atoms with Gasteiger partial charge in [-0.05, 0) is 69.1 Å². The first kappa shape index (κ1) is 11.7. The summed E-state index contributed by atoms with van der Waals surface area (Å²) in [5.41, 5.74) is 6.73. The average Bonchev–Trinajstić information content (AvgIpc) is 2.73. The Bertz CT molecular complexity index is 297. The maximum Gasteiger partial charge on any atom is 0.0691 e. The van der Waals surface area contributed by atoms with Crippen LogP contribution in [0.5, 0.6) is 0 Å². The zero-order chi connectivity index (χ0) is 12.2. The van der Waals surface area contributed by atoms with Crippen molar-refractivity contribution in [3.63, 3.8) is 0 Å². The first-order chi connectivity index (χ1) is 8.65. The van der Waals surface area contributed by atoms with E-state index < -0.39 is 0 Å². The van der Waals surface area contributed by atoms with E-state index in [1.807, 2.05) is 0 Å². The third-order valence-corrected chi connectivity index (χ3v) is 6.25. The molecule has 5 saturated carbocycles. The Morgan fingerprint density at radius 3 is 1.89 bits per heavy atom. The molecule has 2 nitrogen and oxygen atoms in total. The Kier molecular flexibility index (Phi) is 2.58.